The maximum Gasteiger partial charge on any atom is 0.321 e. The van der Waals surface area contributed by atoms with Crippen molar-refractivity contribution < 1.29 is 4.52 Å². The van der Waals surface area contributed by atoms with Crippen molar-refractivity contribution in [2.75, 3.05) is 5.32 Å². The molecule has 4 nitrogen and oxygen atoms in total. The third-order valence-corrected chi connectivity index (χ3v) is 3.51. The summed E-state index contributed by atoms with van der Waals surface area (Å²) >= 11 is 0. The molecule has 0 saturated heterocycles. The van der Waals surface area contributed by atoms with Gasteiger partial charge in [-0.1, -0.05) is 19.0 Å². The van der Waals surface area contributed by atoms with Crippen LogP contribution in [0.5, 0.6) is 0 Å². The summed E-state index contributed by atoms with van der Waals surface area (Å²) < 4.78 is 5.24. The Morgan fingerprint density at radius 1 is 1.19 bits per heavy atom. The monoisotopic (exact) mass is 221 g/mol. The predicted octanol–water partition coefficient (Wildman–Crippen LogP) is 2.79. The Morgan fingerprint density at radius 2 is 1.81 bits per heavy atom. The molecule has 0 unspecified atom stereocenters. The van der Waals surface area contributed by atoms with Crippen LogP contribution in [0.15, 0.2) is 4.52 Å². The van der Waals surface area contributed by atoms with Crippen molar-refractivity contribution in [1.82, 2.24) is 10.1 Å². The molecule has 0 aromatic carbocycles. The number of hydrogen-bond donors (Lipinski definition) is 1. The van der Waals surface area contributed by atoms with E-state index in [0.29, 0.717) is 18.0 Å². The molecule has 2 aliphatic carbocycles. The fourth-order valence-corrected chi connectivity index (χ4v) is 2.20. The van der Waals surface area contributed by atoms with Crippen LogP contribution in [0.4, 0.5) is 6.01 Å². The van der Waals surface area contributed by atoms with Crippen molar-refractivity contribution in [2.24, 2.45) is 11.8 Å². The fraction of sp³-hybridized carbons (Fsp3) is 0.833. The summed E-state index contributed by atoms with van der Waals surface area (Å²) in [6.07, 6.45) is 5.44. The highest BCUT2D eigenvalue weighted by atomic mass is 16.5. The lowest BCUT2D eigenvalue weighted by Gasteiger charge is -2.14. The van der Waals surface area contributed by atoms with E-state index in [0.717, 1.165) is 17.7 Å². The number of nitrogens with one attached hydrogen (secondary N) is 1. The molecule has 0 atom stereocenters. The summed E-state index contributed by atoms with van der Waals surface area (Å²) in [6.45, 7) is 4.15. The molecule has 16 heavy (non-hydrogen) atoms. The van der Waals surface area contributed by atoms with Crippen molar-refractivity contribution in [3.8, 4) is 0 Å². The van der Waals surface area contributed by atoms with E-state index < -0.39 is 0 Å². The van der Waals surface area contributed by atoms with Gasteiger partial charge in [-0.15, -0.1) is 0 Å². The largest absolute Gasteiger partial charge is 0.334 e. The Balaban J connectivity index is 1.66. The van der Waals surface area contributed by atoms with Crippen molar-refractivity contribution in [3.05, 3.63) is 5.82 Å². The van der Waals surface area contributed by atoms with Gasteiger partial charge in [-0.3, -0.25) is 0 Å². The minimum atomic E-state index is 0.333. The number of nitrogens with zero attached hydrogens (tertiary/aromatic N) is 2. The summed E-state index contributed by atoms with van der Waals surface area (Å²) in [6, 6.07) is 1.20. The summed E-state index contributed by atoms with van der Waals surface area (Å²) in [7, 11) is 0. The Hall–Kier alpha value is -1.06. The van der Waals surface area contributed by atoms with Gasteiger partial charge in [0.05, 0.1) is 0 Å². The molecule has 2 aliphatic rings. The zero-order valence-corrected chi connectivity index (χ0v) is 9.94. The Labute approximate surface area is 95.8 Å². The second kappa shape index (κ2) is 3.75. The van der Waals surface area contributed by atoms with Gasteiger partial charge in [0.15, 0.2) is 5.82 Å². The highest BCUT2D eigenvalue weighted by molar-refractivity contribution is 5.24. The molecule has 0 amide bonds. The summed E-state index contributed by atoms with van der Waals surface area (Å²) in [5.74, 6) is 2.83. The zero-order valence-electron chi connectivity index (χ0n) is 9.94. The molecule has 0 radical (unpaired) electrons. The van der Waals surface area contributed by atoms with Gasteiger partial charge < -0.3 is 9.84 Å². The van der Waals surface area contributed by atoms with Crippen LogP contribution in [0.2, 0.25) is 0 Å². The van der Waals surface area contributed by atoms with Crippen LogP contribution in [0.25, 0.3) is 0 Å². The molecule has 3 rings (SSSR count). The highest BCUT2D eigenvalue weighted by Gasteiger charge is 2.42. The van der Waals surface area contributed by atoms with E-state index in [1.807, 2.05) is 0 Å². The molecule has 1 aromatic rings. The number of hydrogen-bond acceptors (Lipinski definition) is 4. The Kier molecular flexibility index (Phi) is 2.37. The molecule has 2 saturated carbocycles. The number of aromatic nitrogens is 2. The molecule has 1 aromatic heterocycles. The van der Waals surface area contributed by atoms with Gasteiger partial charge in [0.1, 0.15) is 0 Å². The van der Waals surface area contributed by atoms with E-state index >= 15 is 0 Å². The molecule has 1 heterocycles. The first-order chi connectivity index (χ1) is 7.74. The molecule has 1 N–H and O–H groups in total. The second-order valence-electron chi connectivity index (χ2n) is 5.46. The maximum absolute atomic E-state index is 5.24. The fourth-order valence-electron chi connectivity index (χ4n) is 2.20. The van der Waals surface area contributed by atoms with Gasteiger partial charge in [0, 0.05) is 12.0 Å². The van der Waals surface area contributed by atoms with Crippen LogP contribution in [0, 0.1) is 11.8 Å². The van der Waals surface area contributed by atoms with Gasteiger partial charge in [0.2, 0.25) is 0 Å². The topological polar surface area (TPSA) is 51.0 Å². The molecule has 4 heteroatoms. The average molecular weight is 221 g/mol. The van der Waals surface area contributed by atoms with Crippen LogP contribution >= 0.6 is 0 Å². The zero-order chi connectivity index (χ0) is 11.1. The van der Waals surface area contributed by atoms with E-state index in [9.17, 15) is 0 Å². The van der Waals surface area contributed by atoms with Gasteiger partial charge >= 0.3 is 6.01 Å². The lowest BCUT2D eigenvalue weighted by molar-refractivity contribution is 0.409. The lowest BCUT2D eigenvalue weighted by atomic mass is 10.1. The van der Waals surface area contributed by atoms with Crippen LogP contribution in [-0.4, -0.2) is 16.2 Å². The minimum Gasteiger partial charge on any atom is -0.334 e. The maximum atomic E-state index is 5.24. The number of anilines is 1. The van der Waals surface area contributed by atoms with Crippen molar-refractivity contribution in [1.29, 1.82) is 0 Å². The van der Waals surface area contributed by atoms with Crippen LogP contribution in [0.3, 0.4) is 0 Å². The average Bonchev–Trinajstić information content (AvgIpc) is 3.15. The number of rotatable bonds is 5. The third kappa shape index (κ3) is 2.06. The molecular formula is C12H19N3O. The first kappa shape index (κ1) is 10.1. The predicted molar refractivity (Wildman–Crippen MR) is 61.2 cm³/mol. The van der Waals surface area contributed by atoms with E-state index in [2.05, 4.69) is 29.3 Å². The minimum absolute atomic E-state index is 0.333. The quantitative estimate of drug-likeness (QED) is 0.830. The van der Waals surface area contributed by atoms with Crippen LogP contribution in [0.1, 0.15) is 51.3 Å². The van der Waals surface area contributed by atoms with E-state index in [-0.39, 0.29) is 0 Å². The summed E-state index contributed by atoms with van der Waals surface area (Å²) in [4.78, 5) is 4.38. The molecule has 88 valence electrons. The highest BCUT2D eigenvalue weighted by Crippen LogP contribution is 2.45. The van der Waals surface area contributed by atoms with Crippen molar-refractivity contribution in [3.63, 3.8) is 0 Å². The van der Waals surface area contributed by atoms with Crippen molar-refractivity contribution in [2.45, 2.75) is 51.5 Å². The normalized spacial score (nSPS) is 20.8. The molecular weight excluding hydrogens is 202 g/mol. The SMILES string of the molecule is CC(C)c1noc(NC(C2CC2)C2CC2)n1. The standard InChI is InChI=1S/C12H19N3O/c1-7(2)11-14-12(16-15-11)13-10(8-3-4-8)9-5-6-9/h7-10H,3-6H2,1-2H3,(H,13,14,15). The smallest absolute Gasteiger partial charge is 0.321 e. The Bertz CT molecular complexity index is 354. The first-order valence-corrected chi connectivity index (χ1v) is 6.34. The van der Waals surface area contributed by atoms with Crippen molar-refractivity contribution >= 4 is 6.01 Å². The third-order valence-electron chi connectivity index (χ3n) is 3.51. The van der Waals surface area contributed by atoms with Crippen LogP contribution in [-0.2, 0) is 0 Å². The first-order valence-electron chi connectivity index (χ1n) is 6.34. The van der Waals surface area contributed by atoms with Gasteiger partial charge in [-0.25, -0.2) is 0 Å². The summed E-state index contributed by atoms with van der Waals surface area (Å²) in [5.41, 5.74) is 0. The molecule has 0 bridgehead atoms. The molecule has 0 spiro atoms. The van der Waals surface area contributed by atoms with Gasteiger partial charge in [-0.05, 0) is 37.5 Å². The van der Waals surface area contributed by atoms with E-state index in [1.165, 1.54) is 25.7 Å². The van der Waals surface area contributed by atoms with E-state index in [4.69, 9.17) is 4.52 Å². The molecule has 2 fully saturated rings. The van der Waals surface area contributed by atoms with E-state index in [1.54, 1.807) is 0 Å². The Morgan fingerprint density at radius 3 is 2.25 bits per heavy atom. The van der Waals surface area contributed by atoms with Gasteiger partial charge in [-0.2, -0.15) is 4.98 Å². The lowest BCUT2D eigenvalue weighted by Crippen LogP contribution is -2.24. The van der Waals surface area contributed by atoms with Gasteiger partial charge in [0.25, 0.3) is 0 Å². The second-order valence-corrected chi connectivity index (χ2v) is 5.46. The summed E-state index contributed by atoms with van der Waals surface area (Å²) in [5, 5.41) is 7.42. The van der Waals surface area contributed by atoms with Crippen LogP contribution < -0.4 is 5.32 Å². The molecule has 0 aliphatic heterocycles.